The van der Waals surface area contributed by atoms with E-state index < -0.39 is 0 Å². The number of likely N-dealkylation sites (tertiary alicyclic amines) is 1. The van der Waals surface area contributed by atoms with Crippen molar-refractivity contribution in [1.82, 2.24) is 15.1 Å². The lowest BCUT2D eigenvalue weighted by atomic mass is 9.93. The molecule has 1 aromatic rings. The number of hydrogen-bond acceptors (Lipinski definition) is 3. The molecule has 0 radical (unpaired) electrons. The molecular formula is C11H18N4O. The van der Waals surface area contributed by atoms with Gasteiger partial charge in [-0.25, -0.2) is 0 Å². The number of nitrogens with two attached hydrogens (primary N) is 1. The number of nitrogen functional groups attached to an aromatic ring is 1. The van der Waals surface area contributed by atoms with Crippen molar-refractivity contribution in [2.75, 3.05) is 12.3 Å². The first-order chi connectivity index (χ1) is 7.58. The Bertz CT molecular complexity index is 387. The number of hydrogen-bond donors (Lipinski definition) is 2. The molecule has 2 rings (SSSR count). The second-order valence-electron chi connectivity index (χ2n) is 4.68. The van der Waals surface area contributed by atoms with Crippen molar-refractivity contribution in [2.45, 2.75) is 32.7 Å². The van der Waals surface area contributed by atoms with Crippen molar-refractivity contribution in [1.29, 1.82) is 0 Å². The average Bonchev–Trinajstić information content (AvgIpc) is 2.64. The number of piperidine rings is 1. The number of aromatic amines is 1. The standard InChI is InChI=1S/C11H18N4O/c1-7-3-4-15(8(2)5-7)11(16)9-6-10(12)14-13-9/h6-8H,3-5H2,1-2H3,(H3,12,13,14). The number of H-pyrrole nitrogens is 1. The third-order valence-corrected chi connectivity index (χ3v) is 3.23. The smallest absolute Gasteiger partial charge is 0.272 e. The Hall–Kier alpha value is -1.52. The van der Waals surface area contributed by atoms with Gasteiger partial charge in [0.15, 0.2) is 0 Å². The lowest BCUT2D eigenvalue weighted by Crippen LogP contribution is -2.44. The zero-order valence-electron chi connectivity index (χ0n) is 9.73. The number of anilines is 1. The number of amides is 1. The topological polar surface area (TPSA) is 75.0 Å². The predicted octanol–water partition coefficient (Wildman–Crippen LogP) is 1.25. The van der Waals surface area contributed by atoms with Gasteiger partial charge in [-0.05, 0) is 25.7 Å². The first-order valence-electron chi connectivity index (χ1n) is 5.69. The zero-order chi connectivity index (χ0) is 11.7. The lowest BCUT2D eigenvalue weighted by molar-refractivity contribution is 0.0582. The molecular weight excluding hydrogens is 204 g/mol. The summed E-state index contributed by atoms with van der Waals surface area (Å²) in [5.41, 5.74) is 5.97. The van der Waals surface area contributed by atoms with E-state index in [0.717, 1.165) is 19.4 Å². The van der Waals surface area contributed by atoms with Crippen molar-refractivity contribution in [2.24, 2.45) is 5.92 Å². The van der Waals surface area contributed by atoms with Crippen LogP contribution < -0.4 is 5.73 Å². The molecule has 1 aliphatic heterocycles. The molecule has 2 heterocycles. The minimum Gasteiger partial charge on any atom is -0.382 e. The monoisotopic (exact) mass is 222 g/mol. The molecule has 1 fully saturated rings. The van der Waals surface area contributed by atoms with Crippen molar-refractivity contribution in [3.05, 3.63) is 11.8 Å². The van der Waals surface area contributed by atoms with E-state index in [1.165, 1.54) is 0 Å². The van der Waals surface area contributed by atoms with E-state index in [0.29, 0.717) is 23.5 Å². The second kappa shape index (κ2) is 4.15. The first kappa shape index (κ1) is 11.0. The molecule has 5 nitrogen and oxygen atoms in total. The van der Waals surface area contributed by atoms with Crippen LogP contribution in [0, 0.1) is 5.92 Å². The molecule has 5 heteroatoms. The normalized spacial score (nSPS) is 25.8. The molecule has 1 aromatic heterocycles. The van der Waals surface area contributed by atoms with Gasteiger partial charge in [-0.15, -0.1) is 0 Å². The molecule has 0 aromatic carbocycles. The summed E-state index contributed by atoms with van der Waals surface area (Å²) in [7, 11) is 0. The minimum atomic E-state index is 0.00333. The quantitative estimate of drug-likeness (QED) is 0.751. The predicted molar refractivity (Wildman–Crippen MR) is 61.9 cm³/mol. The summed E-state index contributed by atoms with van der Waals surface area (Å²) < 4.78 is 0. The molecule has 0 saturated carbocycles. The molecule has 3 N–H and O–H groups in total. The van der Waals surface area contributed by atoms with Crippen molar-refractivity contribution < 1.29 is 4.79 Å². The second-order valence-corrected chi connectivity index (χ2v) is 4.68. The van der Waals surface area contributed by atoms with Gasteiger partial charge in [0.1, 0.15) is 11.5 Å². The molecule has 0 spiro atoms. The van der Waals surface area contributed by atoms with Crippen LogP contribution in [0.3, 0.4) is 0 Å². The average molecular weight is 222 g/mol. The van der Waals surface area contributed by atoms with Gasteiger partial charge in [0.25, 0.3) is 5.91 Å². The van der Waals surface area contributed by atoms with Gasteiger partial charge >= 0.3 is 0 Å². The molecule has 88 valence electrons. The number of rotatable bonds is 1. The fourth-order valence-corrected chi connectivity index (χ4v) is 2.31. The molecule has 2 atom stereocenters. The Morgan fingerprint density at radius 2 is 2.38 bits per heavy atom. The van der Waals surface area contributed by atoms with Crippen LogP contribution in [0.25, 0.3) is 0 Å². The Labute approximate surface area is 95.0 Å². The van der Waals surface area contributed by atoms with Crippen LogP contribution in [-0.2, 0) is 0 Å². The van der Waals surface area contributed by atoms with E-state index in [9.17, 15) is 4.79 Å². The van der Waals surface area contributed by atoms with Crippen molar-refractivity contribution >= 4 is 11.7 Å². The Morgan fingerprint density at radius 3 is 2.94 bits per heavy atom. The number of carbonyl (C=O) groups excluding carboxylic acids is 1. The van der Waals surface area contributed by atoms with Crippen LogP contribution in [0.15, 0.2) is 6.07 Å². The highest BCUT2D eigenvalue weighted by Crippen LogP contribution is 2.23. The van der Waals surface area contributed by atoms with E-state index in [2.05, 4.69) is 24.0 Å². The van der Waals surface area contributed by atoms with Gasteiger partial charge in [-0.3, -0.25) is 9.89 Å². The Morgan fingerprint density at radius 1 is 1.62 bits per heavy atom. The van der Waals surface area contributed by atoms with Crippen LogP contribution >= 0.6 is 0 Å². The largest absolute Gasteiger partial charge is 0.382 e. The van der Waals surface area contributed by atoms with E-state index in [4.69, 9.17) is 5.73 Å². The fraction of sp³-hybridized carbons (Fsp3) is 0.636. The highest BCUT2D eigenvalue weighted by atomic mass is 16.2. The SMILES string of the molecule is CC1CCN(C(=O)c2cc(N)n[nH]2)C(C)C1. The van der Waals surface area contributed by atoms with Crippen molar-refractivity contribution in [3.63, 3.8) is 0 Å². The molecule has 16 heavy (non-hydrogen) atoms. The highest BCUT2D eigenvalue weighted by Gasteiger charge is 2.28. The van der Waals surface area contributed by atoms with Gasteiger partial charge in [0.05, 0.1) is 0 Å². The summed E-state index contributed by atoms with van der Waals surface area (Å²) in [6.07, 6.45) is 2.13. The van der Waals surface area contributed by atoms with E-state index in [1.54, 1.807) is 6.07 Å². The molecule has 1 saturated heterocycles. The highest BCUT2D eigenvalue weighted by molar-refractivity contribution is 5.93. The third-order valence-electron chi connectivity index (χ3n) is 3.23. The maximum absolute atomic E-state index is 12.1. The summed E-state index contributed by atoms with van der Waals surface area (Å²) >= 11 is 0. The summed E-state index contributed by atoms with van der Waals surface area (Å²) in [6, 6.07) is 1.88. The number of carbonyl (C=O) groups is 1. The van der Waals surface area contributed by atoms with Gasteiger partial charge in [-0.1, -0.05) is 6.92 Å². The first-order valence-corrected chi connectivity index (χ1v) is 5.69. The summed E-state index contributed by atoms with van der Waals surface area (Å²) in [5, 5.41) is 6.45. The fourth-order valence-electron chi connectivity index (χ4n) is 2.31. The maximum Gasteiger partial charge on any atom is 0.272 e. The van der Waals surface area contributed by atoms with Gasteiger partial charge < -0.3 is 10.6 Å². The van der Waals surface area contributed by atoms with Gasteiger partial charge in [0.2, 0.25) is 0 Å². The summed E-state index contributed by atoms with van der Waals surface area (Å²) in [5.74, 6) is 1.07. The van der Waals surface area contributed by atoms with E-state index >= 15 is 0 Å². The number of nitrogens with zero attached hydrogens (tertiary/aromatic N) is 2. The van der Waals surface area contributed by atoms with E-state index in [-0.39, 0.29) is 5.91 Å². The van der Waals surface area contributed by atoms with Crippen LogP contribution in [0.1, 0.15) is 37.2 Å². The molecule has 2 unspecified atom stereocenters. The maximum atomic E-state index is 12.1. The summed E-state index contributed by atoms with van der Waals surface area (Å²) in [6.45, 7) is 5.14. The molecule has 1 amide bonds. The van der Waals surface area contributed by atoms with Gasteiger partial charge in [-0.2, -0.15) is 5.10 Å². The van der Waals surface area contributed by atoms with Crippen LogP contribution in [0.5, 0.6) is 0 Å². The number of aromatic nitrogens is 2. The Balaban J connectivity index is 2.10. The van der Waals surface area contributed by atoms with Crippen LogP contribution in [0.4, 0.5) is 5.82 Å². The minimum absolute atomic E-state index is 0.00333. The van der Waals surface area contributed by atoms with Gasteiger partial charge in [0, 0.05) is 18.7 Å². The number of nitrogens with one attached hydrogen (secondary N) is 1. The zero-order valence-corrected chi connectivity index (χ0v) is 9.73. The van der Waals surface area contributed by atoms with Crippen molar-refractivity contribution in [3.8, 4) is 0 Å². The van der Waals surface area contributed by atoms with Crippen LogP contribution in [0.2, 0.25) is 0 Å². The Kier molecular flexibility index (Phi) is 2.85. The molecule has 0 aliphatic carbocycles. The molecule has 1 aliphatic rings. The third kappa shape index (κ3) is 2.03. The molecule has 0 bridgehead atoms. The lowest BCUT2D eigenvalue weighted by Gasteiger charge is -2.36. The van der Waals surface area contributed by atoms with E-state index in [1.807, 2.05) is 4.90 Å². The van der Waals surface area contributed by atoms with Crippen LogP contribution in [-0.4, -0.2) is 33.6 Å². The summed E-state index contributed by atoms with van der Waals surface area (Å²) in [4.78, 5) is 14.0.